The van der Waals surface area contributed by atoms with Crippen LogP contribution >= 0.6 is 0 Å². The molecule has 0 spiro atoms. The Hall–Kier alpha value is -3.38. The van der Waals surface area contributed by atoms with Crippen LogP contribution in [0.3, 0.4) is 0 Å². The van der Waals surface area contributed by atoms with Gasteiger partial charge in [0.05, 0.1) is 7.11 Å². The van der Waals surface area contributed by atoms with Gasteiger partial charge in [-0.1, -0.05) is 17.2 Å². The van der Waals surface area contributed by atoms with Crippen LogP contribution < -0.4 is 5.43 Å². The monoisotopic (exact) mass is 296 g/mol. The van der Waals surface area contributed by atoms with Crippen LogP contribution in [0.15, 0.2) is 44.7 Å². The van der Waals surface area contributed by atoms with Gasteiger partial charge in [0.1, 0.15) is 22.5 Å². The minimum atomic E-state index is -0.830. The van der Waals surface area contributed by atoms with Crippen molar-refractivity contribution in [2.75, 3.05) is 7.11 Å². The highest BCUT2D eigenvalue weighted by Crippen LogP contribution is 2.31. The highest BCUT2D eigenvalue weighted by molar-refractivity contribution is 6.01. The van der Waals surface area contributed by atoms with E-state index < -0.39 is 11.4 Å². The molecular formula is C14H8N4O4. The van der Waals surface area contributed by atoms with Crippen molar-refractivity contribution >= 4 is 22.8 Å². The first-order valence-electron chi connectivity index (χ1n) is 6.15. The number of carbonyl (C=O) groups excluding carboxylic acids is 1. The van der Waals surface area contributed by atoms with E-state index in [1.807, 2.05) is 0 Å². The lowest BCUT2D eigenvalue weighted by molar-refractivity contribution is 0.0602. The molecule has 1 aromatic rings. The van der Waals surface area contributed by atoms with Crippen LogP contribution in [0.1, 0.15) is 10.4 Å². The molecule has 0 bridgehead atoms. The van der Waals surface area contributed by atoms with Gasteiger partial charge in [-0.05, 0) is 17.7 Å². The fourth-order valence-corrected chi connectivity index (χ4v) is 2.12. The number of para-hydroxylation sites is 2. The molecule has 0 atom stereocenters. The van der Waals surface area contributed by atoms with E-state index >= 15 is 0 Å². The number of aromatic nitrogens is 1. The van der Waals surface area contributed by atoms with Crippen molar-refractivity contribution in [2.45, 2.75) is 0 Å². The van der Waals surface area contributed by atoms with Gasteiger partial charge in [0.2, 0.25) is 0 Å². The Balaban J connectivity index is 2.51. The number of rotatable bonds is 2. The first-order chi connectivity index (χ1) is 10.7. The zero-order chi connectivity index (χ0) is 15.7. The van der Waals surface area contributed by atoms with Crippen molar-refractivity contribution in [3.05, 3.63) is 56.6 Å². The van der Waals surface area contributed by atoms with E-state index in [-0.39, 0.29) is 22.7 Å². The SMILES string of the molecule is COC(=O)c1c2nc3ccccc3oc-2cc(=O)c1N=[N+]=[N-]. The van der Waals surface area contributed by atoms with Crippen molar-refractivity contribution < 1.29 is 13.9 Å². The summed E-state index contributed by atoms with van der Waals surface area (Å²) in [5.74, 6) is -0.718. The molecule has 8 heteroatoms. The van der Waals surface area contributed by atoms with Gasteiger partial charge in [-0.3, -0.25) is 4.79 Å². The van der Waals surface area contributed by atoms with Crippen molar-refractivity contribution in [3.8, 4) is 11.5 Å². The van der Waals surface area contributed by atoms with Gasteiger partial charge in [0.15, 0.2) is 16.8 Å². The van der Waals surface area contributed by atoms with Gasteiger partial charge in [-0.2, -0.15) is 0 Å². The predicted octanol–water partition coefficient (Wildman–Crippen LogP) is 3.02. The highest BCUT2D eigenvalue weighted by Gasteiger charge is 2.25. The van der Waals surface area contributed by atoms with Gasteiger partial charge in [-0.25, -0.2) is 9.78 Å². The summed E-state index contributed by atoms with van der Waals surface area (Å²) in [6.45, 7) is 0. The summed E-state index contributed by atoms with van der Waals surface area (Å²) < 4.78 is 10.2. The number of esters is 1. The van der Waals surface area contributed by atoms with Gasteiger partial charge in [0, 0.05) is 11.0 Å². The smallest absolute Gasteiger partial charge is 0.340 e. The largest absolute Gasteiger partial charge is 0.465 e. The summed E-state index contributed by atoms with van der Waals surface area (Å²) in [7, 11) is 1.16. The molecule has 22 heavy (non-hydrogen) atoms. The van der Waals surface area contributed by atoms with Gasteiger partial charge >= 0.3 is 5.97 Å². The van der Waals surface area contributed by atoms with Crippen LogP contribution in [0, 0.1) is 0 Å². The highest BCUT2D eigenvalue weighted by atomic mass is 16.5. The van der Waals surface area contributed by atoms with E-state index in [1.165, 1.54) is 0 Å². The molecule has 0 radical (unpaired) electrons. The molecular weight excluding hydrogens is 288 g/mol. The fourth-order valence-electron chi connectivity index (χ4n) is 2.12. The third kappa shape index (κ3) is 2.04. The van der Waals surface area contributed by atoms with Crippen LogP contribution in [-0.2, 0) is 4.74 Å². The maximum Gasteiger partial charge on any atom is 0.340 e. The molecule has 0 unspecified atom stereocenters. The summed E-state index contributed by atoms with van der Waals surface area (Å²) in [5, 5.41) is 3.29. The molecule has 1 aliphatic carbocycles. The van der Waals surface area contributed by atoms with Crippen LogP contribution in [0.4, 0.5) is 5.69 Å². The first kappa shape index (κ1) is 13.6. The van der Waals surface area contributed by atoms with E-state index in [2.05, 4.69) is 19.7 Å². The molecule has 8 nitrogen and oxygen atoms in total. The van der Waals surface area contributed by atoms with E-state index in [0.717, 1.165) is 13.2 Å². The molecule has 1 aliphatic heterocycles. The Bertz CT molecular complexity index is 972. The molecule has 0 saturated heterocycles. The third-order valence-electron chi connectivity index (χ3n) is 3.05. The van der Waals surface area contributed by atoms with E-state index in [1.54, 1.807) is 24.3 Å². The zero-order valence-corrected chi connectivity index (χ0v) is 11.3. The minimum absolute atomic E-state index is 0.104. The van der Waals surface area contributed by atoms with Crippen molar-refractivity contribution in [3.63, 3.8) is 0 Å². The third-order valence-corrected chi connectivity index (χ3v) is 3.05. The summed E-state index contributed by atoms with van der Waals surface area (Å²) >= 11 is 0. The quantitative estimate of drug-likeness (QED) is 0.237. The predicted molar refractivity (Wildman–Crippen MR) is 77.0 cm³/mol. The molecule has 3 rings (SSSR count). The topological polar surface area (TPSA) is 118 Å². The molecule has 0 amide bonds. The second-order valence-electron chi connectivity index (χ2n) is 4.31. The second-order valence-corrected chi connectivity index (χ2v) is 4.31. The number of ether oxygens (including phenoxy) is 1. The lowest BCUT2D eigenvalue weighted by atomic mass is 10.1. The van der Waals surface area contributed by atoms with E-state index in [0.29, 0.717) is 11.1 Å². The number of fused-ring (bicyclic) bond motifs is 2. The minimum Gasteiger partial charge on any atom is -0.465 e. The average Bonchev–Trinajstić information content (AvgIpc) is 2.53. The van der Waals surface area contributed by atoms with Crippen molar-refractivity contribution in [1.29, 1.82) is 0 Å². The molecule has 0 N–H and O–H groups in total. The number of hydrogen-bond acceptors (Lipinski definition) is 6. The maximum atomic E-state index is 12.0. The van der Waals surface area contributed by atoms with Crippen molar-refractivity contribution in [2.24, 2.45) is 5.11 Å². The number of azide groups is 1. The van der Waals surface area contributed by atoms with Crippen LogP contribution in [0.25, 0.3) is 33.0 Å². The number of benzene rings is 2. The van der Waals surface area contributed by atoms with Crippen LogP contribution in [-0.4, -0.2) is 18.1 Å². The molecule has 2 aliphatic rings. The van der Waals surface area contributed by atoms with Gasteiger partial charge in [0.25, 0.3) is 0 Å². The molecule has 0 saturated carbocycles. The molecule has 0 aromatic heterocycles. The Morgan fingerprint density at radius 3 is 2.91 bits per heavy atom. The lowest BCUT2D eigenvalue weighted by Gasteiger charge is -2.11. The Morgan fingerprint density at radius 1 is 1.41 bits per heavy atom. The van der Waals surface area contributed by atoms with Crippen LogP contribution in [0.5, 0.6) is 0 Å². The average molecular weight is 296 g/mol. The molecule has 1 aromatic carbocycles. The van der Waals surface area contributed by atoms with E-state index in [4.69, 9.17) is 9.95 Å². The summed E-state index contributed by atoms with van der Waals surface area (Å²) in [5.41, 5.74) is 8.43. The van der Waals surface area contributed by atoms with Gasteiger partial charge in [-0.15, -0.1) is 0 Å². The zero-order valence-electron chi connectivity index (χ0n) is 11.3. The number of hydrogen-bond donors (Lipinski definition) is 0. The fraction of sp³-hybridized carbons (Fsp3) is 0.0714. The van der Waals surface area contributed by atoms with Crippen LogP contribution in [0.2, 0.25) is 0 Å². The van der Waals surface area contributed by atoms with E-state index in [9.17, 15) is 9.59 Å². The molecule has 108 valence electrons. The van der Waals surface area contributed by atoms with Crippen molar-refractivity contribution in [1.82, 2.24) is 4.98 Å². The normalized spacial score (nSPS) is 10.4. The number of nitrogens with zero attached hydrogens (tertiary/aromatic N) is 4. The summed E-state index contributed by atoms with van der Waals surface area (Å²) in [6, 6.07) is 8.02. The molecule has 1 heterocycles. The lowest BCUT2D eigenvalue weighted by Crippen LogP contribution is -2.13. The Morgan fingerprint density at radius 2 is 2.18 bits per heavy atom. The summed E-state index contributed by atoms with van der Waals surface area (Å²) in [4.78, 5) is 30.9. The maximum absolute atomic E-state index is 12.0. The summed E-state index contributed by atoms with van der Waals surface area (Å²) in [6.07, 6.45) is 0. The standard InChI is InChI=1S/C14H8N4O4/c1-21-14(20)11-12(17-18-15)8(19)6-10-13(11)16-7-4-2-3-5-9(7)22-10/h2-6H,1H3. The second kappa shape index (κ2) is 5.19. The molecule has 0 fully saturated rings. The van der Waals surface area contributed by atoms with Gasteiger partial charge < -0.3 is 9.15 Å². The number of carbonyl (C=O) groups is 1. The first-order valence-corrected chi connectivity index (χ1v) is 6.15. The Labute approximate surface area is 122 Å². The Kier molecular flexibility index (Phi) is 3.21. The number of methoxy groups -OCH3 is 1.